The Kier molecular flexibility index (Phi) is 3.89. The van der Waals surface area contributed by atoms with Gasteiger partial charge in [0.1, 0.15) is 0 Å². The molecule has 7 heteroatoms. The van der Waals surface area contributed by atoms with Crippen molar-refractivity contribution in [3.63, 3.8) is 0 Å². The highest BCUT2D eigenvalue weighted by Gasteiger charge is 2.60. The maximum atomic E-state index is 12.8. The van der Waals surface area contributed by atoms with E-state index in [1.54, 1.807) is 6.92 Å². The fourth-order valence-electron chi connectivity index (χ4n) is 3.79. The Labute approximate surface area is 130 Å². The van der Waals surface area contributed by atoms with Crippen LogP contribution >= 0.6 is 0 Å². The van der Waals surface area contributed by atoms with Crippen LogP contribution in [0, 0.1) is 5.92 Å². The third kappa shape index (κ3) is 2.22. The van der Waals surface area contributed by atoms with E-state index in [9.17, 15) is 18.0 Å². The molecule has 0 aromatic heterocycles. The van der Waals surface area contributed by atoms with E-state index in [4.69, 9.17) is 4.74 Å². The molecule has 2 fully saturated rings. The van der Waals surface area contributed by atoms with Gasteiger partial charge in [-0.05, 0) is 25.3 Å². The molecule has 2 atom stereocenters. The number of rotatable bonds is 3. The van der Waals surface area contributed by atoms with Crippen molar-refractivity contribution in [2.45, 2.75) is 50.5 Å². The van der Waals surface area contributed by atoms with Gasteiger partial charge in [-0.15, -0.1) is 0 Å². The van der Waals surface area contributed by atoms with E-state index in [2.05, 4.69) is 0 Å². The van der Waals surface area contributed by atoms with Crippen LogP contribution in [-0.4, -0.2) is 49.3 Å². The zero-order valence-corrected chi connectivity index (χ0v) is 13.7. The zero-order valence-electron chi connectivity index (χ0n) is 12.9. The van der Waals surface area contributed by atoms with Crippen LogP contribution in [0.4, 0.5) is 0 Å². The number of β-lactam (4-membered cyclic amide) rings is 1. The number of amides is 1. The van der Waals surface area contributed by atoms with E-state index in [1.807, 2.05) is 0 Å². The van der Waals surface area contributed by atoms with Crippen LogP contribution in [0.15, 0.2) is 11.3 Å². The van der Waals surface area contributed by atoms with Crippen LogP contribution in [0.1, 0.15) is 39.0 Å². The number of methoxy groups -OCH3 is 1. The lowest BCUT2D eigenvalue weighted by atomic mass is 9.83. The van der Waals surface area contributed by atoms with Gasteiger partial charge in [0, 0.05) is 13.0 Å². The molecule has 0 radical (unpaired) electrons. The predicted octanol–water partition coefficient (Wildman–Crippen LogP) is 1.02. The largest absolute Gasteiger partial charge is 0.368 e. The highest BCUT2D eigenvalue weighted by atomic mass is 32.2. The number of carbonyl (C=O) groups excluding carboxylic acids is 2. The summed E-state index contributed by atoms with van der Waals surface area (Å²) in [6.07, 6.45) is 3.82. The monoisotopic (exact) mass is 327 g/mol. The van der Waals surface area contributed by atoms with E-state index < -0.39 is 27.2 Å². The van der Waals surface area contributed by atoms with Crippen LogP contribution in [0.3, 0.4) is 0 Å². The van der Waals surface area contributed by atoms with Crippen molar-refractivity contribution in [1.29, 1.82) is 0 Å². The van der Waals surface area contributed by atoms with Gasteiger partial charge >= 0.3 is 0 Å². The summed E-state index contributed by atoms with van der Waals surface area (Å²) in [5.41, 5.74) is 0.791. The van der Waals surface area contributed by atoms with Gasteiger partial charge in [-0.1, -0.05) is 19.3 Å². The molecule has 3 rings (SSSR count). The van der Waals surface area contributed by atoms with Gasteiger partial charge in [0.2, 0.25) is 0 Å². The normalized spacial score (nSPS) is 31.7. The van der Waals surface area contributed by atoms with Crippen molar-refractivity contribution >= 4 is 21.5 Å². The molecule has 0 aromatic rings. The molecule has 1 saturated carbocycles. The summed E-state index contributed by atoms with van der Waals surface area (Å²) in [4.78, 5) is 26.2. The first-order valence-electron chi connectivity index (χ1n) is 7.70. The smallest absolute Gasteiger partial charge is 0.260 e. The lowest BCUT2D eigenvalue weighted by molar-refractivity contribution is -0.161. The van der Waals surface area contributed by atoms with E-state index in [0.29, 0.717) is 11.3 Å². The van der Waals surface area contributed by atoms with Crippen LogP contribution in [-0.2, 0) is 24.2 Å². The lowest BCUT2D eigenvalue weighted by Crippen LogP contribution is -2.70. The van der Waals surface area contributed by atoms with Crippen LogP contribution in [0.2, 0.25) is 0 Å². The summed E-state index contributed by atoms with van der Waals surface area (Å²) < 4.78 is 29.6. The fourth-order valence-corrected chi connectivity index (χ4v) is 5.84. The minimum absolute atomic E-state index is 0.0694. The van der Waals surface area contributed by atoms with Gasteiger partial charge in [-0.3, -0.25) is 14.5 Å². The van der Waals surface area contributed by atoms with E-state index >= 15 is 0 Å². The lowest BCUT2D eigenvalue weighted by Gasteiger charge is -2.49. The number of sulfone groups is 1. The molecule has 1 saturated heterocycles. The molecule has 0 unspecified atom stereocenters. The second-order valence-electron chi connectivity index (χ2n) is 6.39. The van der Waals surface area contributed by atoms with Gasteiger partial charge in [0.15, 0.2) is 27.1 Å². The summed E-state index contributed by atoms with van der Waals surface area (Å²) in [5.74, 6) is -0.751. The third-order valence-corrected chi connectivity index (χ3v) is 6.92. The van der Waals surface area contributed by atoms with Gasteiger partial charge in [-0.2, -0.15) is 0 Å². The van der Waals surface area contributed by atoms with Crippen molar-refractivity contribution in [1.82, 2.24) is 4.90 Å². The van der Waals surface area contributed by atoms with Crippen molar-refractivity contribution in [2.24, 2.45) is 5.92 Å². The quantitative estimate of drug-likeness (QED) is 0.723. The second kappa shape index (κ2) is 5.45. The minimum atomic E-state index is -3.49. The van der Waals surface area contributed by atoms with Gasteiger partial charge in [0.25, 0.3) is 5.91 Å². The van der Waals surface area contributed by atoms with Crippen LogP contribution in [0.25, 0.3) is 0 Å². The van der Waals surface area contributed by atoms with E-state index in [0.717, 1.165) is 32.1 Å². The van der Waals surface area contributed by atoms with Crippen molar-refractivity contribution in [3.05, 3.63) is 11.3 Å². The molecule has 6 nitrogen and oxygen atoms in total. The van der Waals surface area contributed by atoms with Crippen molar-refractivity contribution in [3.8, 4) is 0 Å². The van der Waals surface area contributed by atoms with E-state index in [-0.39, 0.29) is 17.5 Å². The Hall–Kier alpha value is -1.21. The van der Waals surface area contributed by atoms with Crippen LogP contribution in [0.5, 0.6) is 0 Å². The zero-order chi connectivity index (χ0) is 16.1. The standard InChI is InChI=1S/C15H21NO5S/c1-9-8-22(19,20)15-13(21-2)14(18)16(15)11(9)12(17)10-6-4-3-5-7-10/h10,13,15H,3-8H2,1-2H3/t13-,15+/m0/s1. The average Bonchev–Trinajstić information content (AvgIpc) is 2.48. The Bertz CT molecular complexity index is 645. The summed E-state index contributed by atoms with van der Waals surface area (Å²) in [6.45, 7) is 1.64. The summed E-state index contributed by atoms with van der Waals surface area (Å²) in [7, 11) is -2.17. The molecular weight excluding hydrogens is 306 g/mol. The molecule has 0 bridgehead atoms. The Morgan fingerprint density at radius 3 is 2.45 bits per heavy atom. The molecule has 2 heterocycles. The van der Waals surface area contributed by atoms with Crippen molar-refractivity contribution < 1.29 is 22.7 Å². The number of hydrogen-bond donors (Lipinski definition) is 0. The average molecular weight is 327 g/mol. The van der Waals surface area contributed by atoms with Gasteiger partial charge in [-0.25, -0.2) is 8.42 Å². The summed E-state index contributed by atoms with van der Waals surface area (Å²) in [5, 5.41) is -1.03. The fraction of sp³-hybridized carbons (Fsp3) is 0.733. The molecule has 122 valence electrons. The molecule has 2 aliphatic heterocycles. The number of fused-ring (bicyclic) bond motifs is 1. The predicted molar refractivity (Wildman–Crippen MR) is 79.5 cm³/mol. The highest BCUT2D eigenvalue weighted by molar-refractivity contribution is 7.92. The number of allylic oxidation sites excluding steroid dienone is 1. The summed E-state index contributed by atoms with van der Waals surface area (Å²) in [6, 6.07) is 0. The number of nitrogens with zero attached hydrogens (tertiary/aromatic N) is 1. The Morgan fingerprint density at radius 2 is 1.86 bits per heavy atom. The first-order valence-corrected chi connectivity index (χ1v) is 9.41. The van der Waals surface area contributed by atoms with Crippen LogP contribution < -0.4 is 0 Å². The molecule has 0 spiro atoms. The maximum Gasteiger partial charge on any atom is 0.260 e. The first kappa shape index (κ1) is 15.7. The maximum absolute atomic E-state index is 12.8. The molecule has 0 aromatic carbocycles. The Balaban J connectivity index is 1.96. The number of ether oxygens (including phenoxy) is 1. The van der Waals surface area contributed by atoms with Crippen molar-refractivity contribution in [2.75, 3.05) is 12.9 Å². The van der Waals surface area contributed by atoms with Gasteiger partial charge < -0.3 is 4.74 Å². The molecule has 3 aliphatic rings. The molecule has 1 amide bonds. The highest BCUT2D eigenvalue weighted by Crippen LogP contribution is 2.40. The Morgan fingerprint density at radius 1 is 1.23 bits per heavy atom. The first-order chi connectivity index (χ1) is 10.4. The third-order valence-electron chi connectivity index (χ3n) is 4.89. The molecule has 0 N–H and O–H groups in total. The summed E-state index contributed by atoms with van der Waals surface area (Å²) >= 11 is 0. The number of carbonyl (C=O) groups is 2. The number of ketones is 1. The van der Waals surface area contributed by atoms with E-state index in [1.165, 1.54) is 12.0 Å². The molecular formula is C15H21NO5S. The molecule has 1 aliphatic carbocycles. The number of Topliss-reactive ketones (excluding diaryl/α,β-unsaturated/α-hetero) is 1. The number of hydrogen-bond acceptors (Lipinski definition) is 5. The SMILES string of the molecule is CO[C@H]1C(=O)N2C(C(=O)C3CCCCC3)=C(C)CS(=O)(=O)[C@H]12. The topological polar surface area (TPSA) is 80.8 Å². The van der Waals surface area contributed by atoms with Gasteiger partial charge in [0.05, 0.1) is 11.4 Å². The minimum Gasteiger partial charge on any atom is -0.368 e. The molecule has 22 heavy (non-hydrogen) atoms. The second-order valence-corrected chi connectivity index (χ2v) is 8.49.